The van der Waals surface area contributed by atoms with Gasteiger partial charge in [-0.1, -0.05) is 19.3 Å². The monoisotopic (exact) mass is 370 g/mol. The highest BCUT2D eigenvalue weighted by atomic mass is 32.2. The minimum atomic E-state index is -3.73. The molecule has 1 saturated carbocycles. The van der Waals surface area contributed by atoms with Gasteiger partial charge < -0.3 is 21.1 Å². The molecule has 2 rings (SSSR count). The van der Waals surface area contributed by atoms with Crippen molar-refractivity contribution in [2.45, 2.75) is 43.0 Å². The third-order valence-corrected chi connectivity index (χ3v) is 5.82. The van der Waals surface area contributed by atoms with E-state index in [1.807, 2.05) is 0 Å². The quantitative estimate of drug-likeness (QED) is 0.543. The SMILES string of the molecule is CN(CCNS(=O)(=O)c1ccc(NC2CCCCC2)c(N)c1)C(=O)O. The van der Waals surface area contributed by atoms with Crippen LogP contribution in [0, 0.1) is 0 Å². The molecular formula is C16H26N4O4S. The lowest BCUT2D eigenvalue weighted by Gasteiger charge is -2.24. The number of anilines is 2. The molecule has 0 atom stereocenters. The summed E-state index contributed by atoms with van der Waals surface area (Å²) in [5.41, 5.74) is 7.14. The van der Waals surface area contributed by atoms with Crippen molar-refractivity contribution < 1.29 is 18.3 Å². The molecule has 9 heteroatoms. The van der Waals surface area contributed by atoms with Crippen LogP contribution in [0.4, 0.5) is 16.2 Å². The number of sulfonamides is 1. The normalized spacial score (nSPS) is 15.7. The zero-order valence-electron chi connectivity index (χ0n) is 14.4. The minimum absolute atomic E-state index is 0.00683. The molecule has 0 unspecified atom stereocenters. The van der Waals surface area contributed by atoms with Crippen molar-refractivity contribution in [2.75, 3.05) is 31.2 Å². The fourth-order valence-corrected chi connectivity index (χ4v) is 3.89. The number of likely N-dealkylation sites (N-methyl/N-ethyl adjacent to an activating group) is 1. The molecule has 25 heavy (non-hydrogen) atoms. The van der Waals surface area contributed by atoms with Gasteiger partial charge in [0.15, 0.2) is 0 Å². The molecule has 1 aliphatic rings. The molecule has 0 aliphatic heterocycles. The fraction of sp³-hybridized carbons (Fsp3) is 0.562. The van der Waals surface area contributed by atoms with Crippen LogP contribution in [0.5, 0.6) is 0 Å². The Morgan fingerprint density at radius 3 is 2.60 bits per heavy atom. The van der Waals surface area contributed by atoms with Crippen molar-refractivity contribution in [3.8, 4) is 0 Å². The molecule has 1 aromatic rings. The van der Waals surface area contributed by atoms with Gasteiger partial charge in [0.05, 0.1) is 16.3 Å². The number of hydrogen-bond donors (Lipinski definition) is 4. The predicted molar refractivity (Wildman–Crippen MR) is 97.2 cm³/mol. The molecule has 0 aromatic heterocycles. The minimum Gasteiger partial charge on any atom is -0.465 e. The number of rotatable bonds is 7. The zero-order valence-corrected chi connectivity index (χ0v) is 15.2. The maximum Gasteiger partial charge on any atom is 0.407 e. The van der Waals surface area contributed by atoms with Gasteiger partial charge in [-0.3, -0.25) is 0 Å². The van der Waals surface area contributed by atoms with Crippen molar-refractivity contribution in [3.05, 3.63) is 18.2 Å². The van der Waals surface area contributed by atoms with Crippen molar-refractivity contribution >= 4 is 27.5 Å². The smallest absolute Gasteiger partial charge is 0.407 e. The summed E-state index contributed by atoms with van der Waals surface area (Å²) in [6.07, 6.45) is 4.73. The highest BCUT2D eigenvalue weighted by molar-refractivity contribution is 7.89. The van der Waals surface area contributed by atoms with Crippen LogP contribution < -0.4 is 15.8 Å². The number of carboxylic acid groups (broad SMARTS) is 1. The summed E-state index contributed by atoms with van der Waals surface area (Å²) in [5.74, 6) is 0. The molecule has 0 bridgehead atoms. The van der Waals surface area contributed by atoms with Crippen LogP contribution in [0.1, 0.15) is 32.1 Å². The van der Waals surface area contributed by atoms with E-state index < -0.39 is 16.1 Å². The summed E-state index contributed by atoms with van der Waals surface area (Å²) < 4.78 is 26.9. The number of carbonyl (C=O) groups is 1. The number of nitrogens with two attached hydrogens (primary N) is 1. The Balaban J connectivity index is 1.98. The molecular weight excluding hydrogens is 344 g/mol. The first-order chi connectivity index (χ1) is 11.8. The van der Waals surface area contributed by atoms with Gasteiger partial charge in [-0.15, -0.1) is 0 Å². The van der Waals surface area contributed by atoms with Gasteiger partial charge in [0.2, 0.25) is 10.0 Å². The summed E-state index contributed by atoms with van der Waals surface area (Å²) in [4.78, 5) is 11.8. The van der Waals surface area contributed by atoms with Crippen molar-refractivity contribution in [2.24, 2.45) is 0 Å². The van der Waals surface area contributed by atoms with E-state index in [1.54, 1.807) is 6.07 Å². The van der Waals surface area contributed by atoms with Gasteiger partial charge in [0, 0.05) is 26.2 Å². The van der Waals surface area contributed by atoms with Gasteiger partial charge in [0.1, 0.15) is 0 Å². The zero-order chi connectivity index (χ0) is 18.4. The van der Waals surface area contributed by atoms with Gasteiger partial charge in [-0.2, -0.15) is 0 Å². The molecule has 0 radical (unpaired) electrons. The van der Waals surface area contributed by atoms with Crippen LogP contribution >= 0.6 is 0 Å². The van der Waals surface area contributed by atoms with Gasteiger partial charge >= 0.3 is 6.09 Å². The summed E-state index contributed by atoms with van der Waals surface area (Å²) in [7, 11) is -2.36. The van der Waals surface area contributed by atoms with Crippen LogP contribution in [0.3, 0.4) is 0 Å². The van der Waals surface area contributed by atoms with Crippen LogP contribution in [-0.2, 0) is 10.0 Å². The standard InChI is InChI=1S/C16H26N4O4S/c1-20(16(21)22)10-9-18-25(23,24)13-7-8-15(14(17)11-13)19-12-5-3-2-4-6-12/h7-8,11-12,18-19H,2-6,9-10,17H2,1H3,(H,21,22). The fourth-order valence-electron chi connectivity index (χ4n) is 2.83. The summed E-state index contributed by atoms with van der Waals surface area (Å²) >= 11 is 0. The first-order valence-electron chi connectivity index (χ1n) is 8.39. The topological polar surface area (TPSA) is 125 Å². The molecule has 140 valence electrons. The molecule has 1 aromatic carbocycles. The van der Waals surface area contributed by atoms with E-state index in [0.717, 1.165) is 23.4 Å². The Bertz CT molecular complexity index is 702. The molecule has 0 spiro atoms. The average molecular weight is 370 g/mol. The van der Waals surface area contributed by atoms with E-state index in [4.69, 9.17) is 10.8 Å². The van der Waals surface area contributed by atoms with E-state index in [1.165, 1.54) is 38.4 Å². The Kier molecular flexibility index (Phi) is 6.49. The number of amides is 1. The summed E-state index contributed by atoms with van der Waals surface area (Å²) in [5, 5.41) is 12.1. The highest BCUT2D eigenvalue weighted by Gasteiger charge is 2.18. The van der Waals surface area contributed by atoms with E-state index in [9.17, 15) is 13.2 Å². The second-order valence-electron chi connectivity index (χ2n) is 6.33. The number of nitrogen functional groups attached to an aromatic ring is 1. The highest BCUT2D eigenvalue weighted by Crippen LogP contribution is 2.27. The van der Waals surface area contributed by atoms with E-state index in [-0.39, 0.29) is 18.0 Å². The van der Waals surface area contributed by atoms with E-state index in [0.29, 0.717) is 11.7 Å². The first kappa shape index (κ1) is 19.3. The van der Waals surface area contributed by atoms with Gasteiger partial charge in [-0.05, 0) is 31.0 Å². The summed E-state index contributed by atoms with van der Waals surface area (Å²) in [6.45, 7) is 0.0540. The lowest BCUT2D eigenvalue weighted by Crippen LogP contribution is -2.35. The largest absolute Gasteiger partial charge is 0.465 e. The number of benzene rings is 1. The van der Waals surface area contributed by atoms with Crippen molar-refractivity contribution in [1.29, 1.82) is 0 Å². The molecule has 1 aliphatic carbocycles. The maximum absolute atomic E-state index is 12.3. The third-order valence-electron chi connectivity index (χ3n) is 4.36. The second kappa shape index (κ2) is 8.39. The third kappa shape index (κ3) is 5.50. The first-order valence-corrected chi connectivity index (χ1v) is 9.87. The van der Waals surface area contributed by atoms with Gasteiger partial charge in [-0.25, -0.2) is 17.9 Å². The molecule has 0 heterocycles. The van der Waals surface area contributed by atoms with Crippen molar-refractivity contribution in [1.82, 2.24) is 9.62 Å². The number of hydrogen-bond acceptors (Lipinski definition) is 5. The molecule has 5 N–H and O–H groups in total. The Morgan fingerprint density at radius 1 is 1.32 bits per heavy atom. The molecule has 0 saturated heterocycles. The number of nitrogens with one attached hydrogen (secondary N) is 2. The van der Waals surface area contributed by atoms with Crippen LogP contribution in [0.2, 0.25) is 0 Å². The molecule has 1 fully saturated rings. The number of nitrogens with zero attached hydrogens (tertiary/aromatic N) is 1. The van der Waals surface area contributed by atoms with Crippen LogP contribution in [0.15, 0.2) is 23.1 Å². The van der Waals surface area contributed by atoms with Crippen molar-refractivity contribution in [3.63, 3.8) is 0 Å². The van der Waals surface area contributed by atoms with E-state index in [2.05, 4.69) is 10.0 Å². The lowest BCUT2D eigenvalue weighted by molar-refractivity contribution is 0.157. The Morgan fingerprint density at radius 2 is 2.00 bits per heavy atom. The Hall–Kier alpha value is -2.00. The average Bonchev–Trinajstić information content (AvgIpc) is 2.57. The predicted octanol–water partition coefficient (Wildman–Crippen LogP) is 1.90. The van der Waals surface area contributed by atoms with Crippen LogP contribution in [-0.4, -0.2) is 50.7 Å². The second-order valence-corrected chi connectivity index (χ2v) is 8.10. The van der Waals surface area contributed by atoms with E-state index >= 15 is 0 Å². The lowest BCUT2D eigenvalue weighted by atomic mass is 9.95. The Labute approximate surface area is 148 Å². The summed E-state index contributed by atoms with van der Waals surface area (Å²) in [6, 6.07) is 4.99. The maximum atomic E-state index is 12.3. The van der Waals surface area contributed by atoms with Crippen LogP contribution in [0.25, 0.3) is 0 Å². The molecule has 1 amide bonds. The van der Waals surface area contributed by atoms with Gasteiger partial charge in [0.25, 0.3) is 0 Å². The molecule has 8 nitrogen and oxygen atoms in total.